The number of piperazine rings is 1. The van der Waals surface area contributed by atoms with Gasteiger partial charge in [0.1, 0.15) is 0 Å². The van der Waals surface area contributed by atoms with Gasteiger partial charge in [-0.1, -0.05) is 12.1 Å². The van der Waals surface area contributed by atoms with Gasteiger partial charge in [0, 0.05) is 36.8 Å². The van der Waals surface area contributed by atoms with Crippen molar-refractivity contribution in [2.75, 3.05) is 33.9 Å². The first-order valence-electron chi connectivity index (χ1n) is 9.82. The second-order valence-corrected chi connectivity index (χ2v) is 7.24. The monoisotopic (exact) mass is 424 g/mol. The Kier molecular flexibility index (Phi) is 6.69. The minimum atomic E-state index is -0.507. The van der Waals surface area contributed by atoms with Crippen molar-refractivity contribution in [3.05, 3.63) is 70.8 Å². The van der Waals surface area contributed by atoms with E-state index in [4.69, 9.17) is 9.47 Å². The Morgan fingerprint density at radius 2 is 1.26 bits per heavy atom. The Morgan fingerprint density at radius 3 is 1.74 bits per heavy atom. The molecule has 1 saturated heterocycles. The summed E-state index contributed by atoms with van der Waals surface area (Å²) < 4.78 is 9.42. The summed E-state index contributed by atoms with van der Waals surface area (Å²) in [7, 11) is 2.58. The normalized spacial score (nSPS) is 15.9. The molecule has 1 aliphatic rings. The number of amides is 2. The molecular formula is C23H24N2O6. The first-order chi connectivity index (χ1) is 14.8. The van der Waals surface area contributed by atoms with Crippen molar-refractivity contribution < 1.29 is 28.7 Å². The van der Waals surface area contributed by atoms with Crippen molar-refractivity contribution in [3.8, 4) is 0 Å². The summed E-state index contributed by atoms with van der Waals surface area (Å²) in [6, 6.07) is 12.5. The predicted molar refractivity (Wildman–Crippen MR) is 112 cm³/mol. The van der Waals surface area contributed by atoms with Crippen molar-refractivity contribution in [2.45, 2.75) is 13.0 Å². The number of carbonyl (C=O) groups excluding carboxylic acids is 4. The third-order valence-electron chi connectivity index (χ3n) is 5.24. The van der Waals surface area contributed by atoms with Gasteiger partial charge in [-0.3, -0.25) is 9.59 Å². The predicted octanol–water partition coefficient (Wildman–Crippen LogP) is 2.25. The molecule has 2 amide bonds. The van der Waals surface area contributed by atoms with Crippen molar-refractivity contribution in [3.63, 3.8) is 0 Å². The van der Waals surface area contributed by atoms with Gasteiger partial charge in [0.25, 0.3) is 11.8 Å². The number of benzene rings is 2. The second kappa shape index (κ2) is 9.42. The minimum absolute atomic E-state index is 0.210. The maximum Gasteiger partial charge on any atom is 0.337 e. The fraction of sp³-hybridized carbons (Fsp3) is 0.304. The lowest BCUT2D eigenvalue weighted by Crippen LogP contribution is -2.55. The molecule has 0 radical (unpaired) electrons. The molecule has 31 heavy (non-hydrogen) atoms. The van der Waals surface area contributed by atoms with Crippen LogP contribution in [0.15, 0.2) is 48.5 Å². The summed E-state index contributed by atoms with van der Waals surface area (Å²) in [5.74, 6) is -1.43. The standard InChI is InChI=1S/C23H24N2O6/c1-15-14-24(20(26)16-6-4-8-18(12-16)22(28)30-2)10-11-25(15)21(27)17-7-5-9-19(13-17)23(29)31-3/h4-9,12-13,15H,10-11,14H2,1-3H3/t15-/m1/s1. The largest absolute Gasteiger partial charge is 0.465 e. The minimum Gasteiger partial charge on any atom is -0.465 e. The lowest BCUT2D eigenvalue weighted by molar-refractivity contribution is 0.0414. The highest BCUT2D eigenvalue weighted by atomic mass is 16.5. The molecule has 2 aromatic carbocycles. The van der Waals surface area contributed by atoms with E-state index in [2.05, 4.69) is 0 Å². The van der Waals surface area contributed by atoms with Crippen LogP contribution in [0, 0.1) is 0 Å². The summed E-state index contributed by atoms with van der Waals surface area (Å²) in [5.41, 5.74) is 1.39. The SMILES string of the molecule is COC(=O)c1cccc(C(=O)N2CCN(C(=O)c3cccc(C(=O)OC)c3)[C@H](C)C2)c1. The van der Waals surface area contributed by atoms with E-state index in [1.54, 1.807) is 46.2 Å². The maximum atomic E-state index is 13.0. The van der Waals surface area contributed by atoms with E-state index in [1.807, 2.05) is 6.92 Å². The highest BCUT2D eigenvalue weighted by molar-refractivity contribution is 5.99. The van der Waals surface area contributed by atoms with Gasteiger partial charge < -0.3 is 19.3 Å². The molecule has 162 valence electrons. The van der Waals surface area contributed by atoms with Crippen molar-refractivity contribution >= 4 is 23.8 Å². The number of rotatable bonds is 4. The average molecular weight is 424 g/mol. The number of ether oxygens (including phenoxy) is 2. The zero-order valence-corrected chi connectivity index (χ0v) is 17.7. The van der Waals surface area contributed by atoms with E-state index >= 15 is 0 Å². The molecule has 1 heterocycles. The first kappa shape index (κ1) is 22.0. The highest BCUT2D eigenvalue weighted by Gasteiger charge is 2.31. The summed E-state index contributed by atoms with van der Waals surface area (Å²) >= 11 is 0. The van der Waals surface area contributed by atoms with Crippen LogP contribution in [0.2, 0.25) is 0 Å². The molecule has 1 atom stereocenters. The zero-order chi connectivity index (χ0) is 22.5. The van der Waals surface area contributed by atoms with Gasteiger partial charge in [-0.15, -0.1) is 0 Å². The van der Waals surface area contributed by atoms with E-state index < -0.39 is 11.9 Å². The second-order valence-electron chi connectivity index (χ2n) is 7.24. The van der Waals surface area contributed by atoms with Crippen molar-refractivity contribution in [1.29, 1.82) is 0 Å². The van der Waals surface area contributed by atoms with Crippen LogP contribution in [-0.2, 0) is 9.47 Å². The number of esters is 2. The van der Waals surface area contributed by atoms with Crippen LogP contribution in [0.3, 0.4) is 0 Å². The van der Waals surface area contributed by atoms with Crippen LogP contribution in [0.25, 0.3) is 0 Å². The lowest BCUT2D eigenvalue weighted by Gasteiger charge is -2.40. The molecule has 0 aromatic heterocycles. The van der Waals surface area contributed by atoms with Crippen LogP contribution < -0.4 is 0 Å². The van der Waals surface area contributed by atoms with Crippen molar-refractivity contribution in [1.82, 2.24) is 9.80 Å². The Labute approximate surface area is 180 Å². The molecule has 8 nitrogen and oxygen atoms in total. The summed E-state index contributed by atoms with van der Waals surface area (Å²) in [6.07, 6.45) is 0. The van der Waals surface area contributed by atoms with E-state index in [9.17, 15) is 19.2 Å². The van der Waals surface area contributed by atoms with E-state index in [0.29, 0.717) is 41.9 Å². The maximum absolute atomic E-state index is 13.0. The summed E-state index contributed by atoms with van der Waals surface area (Å²) in [4.78, 5) is 52.7. The van der Waals surface area contributed by atoms with Gasteiger partial charge in [0.05, 0.1) is 25.3 Å². The molecular weight excluding hydrogens is 400 g/mol. The highest BCUT2D eigenvalue weighted by Crippen LogP contribution is 2.18. The van der Waals surface area contributed by atoms with E-state index in [1.165, 1.54) is 26.4 Å². The van der Waals surface area contributed by atoms with Crippen LogP contribution in [0.1, 0.15) is 48.4 Å². The molecule has 1 fully saturated rings. The third-order valence-corrected chi connectivity index (χ3v) is 5.24. The third kappa shape index (κ3) is 4.74. The molecule has 1 aliphatic heterocycles. The van der Waals surface area contributed by atoms with Crippen molar-refractivity contribution in [2.24, 2.45) is 0 Å². The molecule has 3 rings (SSSR count). The summed E-state index contributed by atoms with van der Waals surface area (Å²) in [6.45, 7) is 2.93. The van der Waals surface area contributed by atoms with Gasteiger partial charge >= 0.3 is 11.9 Å². The van der Waals surface area contributed by atoms with Crippen LogP contribution in [0.5, 0.6) is 0 Å². The molecule has 0 unspecified atom stereocenters. The smallest absolute Gasteiger partial charge is 0.337 e. The number of hydrogen-bond donors (Lipinski definition) is 0. The van der Waals surface area contributed by atoms with Gasteiger partial charge in [-0.25, -0.2) is 9.59 Å². The molecule has 0 N–H and O–H groups in total. The van der Waals surface area contributed by atoms with Crippen LogP contribution in [-0.4, -0.2) is 73.4 Å². The van der Waals surface area contributed by atoms with Gasteiger partial charge in [-0.2, -0.15) is 0 Å². The van der Waals surface area contributed by atoms with Gasteiger partial charge in [-0.05, 0) is 43.3 Å². The summed E-state index contributed by atoms with van der Waals surface area (Å²) in [5, 5.41) is 0. The molecule has 0 spiro atoms. The zero-order valence-electron chi connectivity index (χ0n) is 17.7. The van der Waals surface area contributed by atoms with Gasteiger partial charge in [0.15, 0.2) is 0 Å². The molecule has 0 saturated carbocycles. The first-order valence-corrected chi connectivity index (χ1v) is 9.82. The molecule has 0 aliphatic carbocycles. The van der Waals surface area contributed by atoms with E-state index in [0.717, 1.165) is 0 Å². The molecule has 0 bridgehead atoms. The fourth-order valence-electron chi connectivity index (χ4n) is 3.59. The number of carbonyl (C=O) groups is 4. The van der Waals surface area contributed by atoms with Crippen LogP contribution >= 0.6 is 0 Å². The van der Waals surface area contributed by atoms with Crippen LogP contribution in [0.4, 0.5) is 0 Å². The Balaban J connectivity index is 1.71. The number of nitrogens with zero attached hydrogens (tertiary/aromatic N) is 2. The topological polar surface area (TPSA) is 93.2 Å². The molecule has 2 aromatic rings. The van der Waals surface area contributed by atoms with Gasteiger partial charge in [0.2, 0.25) is 0 Å². The fourth-order valence-corrected chi connectivity index (χ4v) is 3.59. The Morgan fingerprint density at radius 1 is 0.774 bits per heavy atom. The average Bonchev–Trinajstić information content (AvgIpc) is 2.82. The molecule has 8 heteroatoms. The Hall–Kier alpha value is -3.68. The number of methoxy groups -OCH3 is 2. The van der Waals surface area contributed by atoms with E-state index in [-0.39, 0.29) is 17.9 Å². The number of hydrogen-bond acceptors (Lipinski definition) is 6. The lowest BCUT2D eigenvalue weighted by atomic mass is 10.1. The Bertz CT molecular complexity index is 1020. The quantitative estimate of drug-likeness (QED) is 0.699.